The van der Waals surface area contributed by atoms with Crippen LogP contribution < -0.4 is 13.8 Å². The van der Waals surface area contributed by atoms with Gasteiger partial charge >= 0.3 is 10.2 Å². The Morgan fingerprint density at radius 1 is 1.22 bits per heavy atom. The van der Waals surface area contributed by atoms with Gasteiger partial charge < -0.3 is 4.74 Å². The first-order chi connectivity index (χ1) is 12.9. The normalized spacial score (nSPS) is 15.0. The van der Waals surface area contributed by atoms with Crippen molar-refractivity contribution in [2.24, 2.45) is 0 Å². The summed E-state index contributed by atoms with van der Waals surface area (Å²) >= 11 is 0. The molecule has 6 nitrogen and oxygen atoms in total. The van der Waals surface area contributed by atoms with Crippen LogP contribution in [0, 0.1) is 17.7 Å². The maximum Gasteiger partial charge on any atom is 0.326 e. The van der Waals surface area contributed by atoms with E-state index in [-0.39, 0.29) is 23.6 Å². The Hall–Kier alpha value is -3.05. The van der Waals surface area contributed by atoms with Gasteiger partial charge in [-0.3, -0.25) is 4.79 Å². The molecule has 8 heteroatoms. The molecule has 0 spiro atoms. The Morgan fingerprint density at radius 2 is 1.96 bits per heavy atom. The van der Waals surface area contributed by atoms with Crippen molar-refractivity contribution < 1.29 is 22.3 Å². The highest BCUT2D eigenvalue weighted by atomic mass is 32.2. The van der Waals surface area contributed by atoms with Crippen molar-refractivity contribution in [2.45, 2.75) is 20.0 Å². The minimum atomic E-state index is -4.19. The molecule has 0 aromatic heterocycles. The number of rotatable bonds is 4. The van der Waals surface area contributed by atoms with E-state index in [0.717, 1.165) is 5.56 Å². The van der Waals surface area contributed by atoms with Gasteiger partial charge in [-0.25, -0.2) is 13.4 Å². The number of benzene rings is 2. The number of ether oxygens (including phenoxy) is 1. The van der Waals surface area contributed by atoms with Crippen LogP contribution in [0.3, 0.4) is 0 Å². The minimum absolute atomic E-state index is 0.0125. The predicted octanol–water partition coefficient (Wildman–Crippen LogP) is 2.35. The molecule has 1 amide bonds. The molecule has 1 fully saturated rings. The van der Waals surface area contributed by atoms with Gasteiger partial charge in [0.2, 0.25) is 0 Å². The lowest BCUT2D eigenvalue weighted by atomic mass is 10.1. The largest absolute Gasteiger partial charge is 0.487 e. The molecule has 0 radical (unpaired) electrons. The summed E-state index contributed by atoms with van der Waals surface area (Å²) < 4.78 is 47.7. The van der Waals surface area contributed by atoms with Crippen LogP contribution in [-0.2, 0) is 21.6 Å². The predicted molar refractivity (Wildman–Crippen MR) is 98.8 cm³/mol. The number of anilines is 1. The number of carbonyl (C=O) groups excluding carboxylic acids is 1. The molecule has 1 aliphatic heterocycles. The Balaban J connectivity index is 2.04. The number of hydrogen-bond donors (Lipinski definition) is 1. The van der Waals surface area contributed by atoms with Gasteiger partial charge in [-0.05, 0) is 17.7 Å². The average molecular weight is 388 g/mol. The van der Waals surface area contributed by atoms with Crippen LogP contribution in [0.1, 0.15) is 24.5 Å². The van der Waals surface area contributed by atoms with Crippen LogP contribution in [0.2, 0.25) is 0 Å². The van der Waals surface area contributed by atoms with Crippen LogP contribution in [-0.4, -0.2) is 20.9 Å². The molecule has 0 bridgehead atoms. The first-order valence-electron chi connectivity index (χ1n) is 8.23. The van der Waals surface area contributed by atoms with Crippen LogP contribution in [0.4, 0.5) is 10.1 Å². The Kier molecular flexibility index (Phi) is 5.33. The summed E-state index contributed by atoms with van der Waals surface area (Å²) in [4.78, 5) is 11.6. The van der Waals surface area contributed by atoms with E-state index in [1.54, 1.807) is 0 Å². The Labute approximate surface area is 157 Å². The second-order valence-electron chi connectivity index (χ2n) is 5.74. The lowest BCUT2D eigenvalue weighted by Gasteiger charge is -2.20. The lowest BCUT2D eigenvalue weighted by molar-refractivity contribution is -0.117. The van der Waals surface area contributed by atoms with Crippen molar-refractivity contribution in [3.8, 4) is 17.6 Å². The smallest absolute Gasteiger partial charge is 0.326 e. The van der Waals surface area contributed by atoms with Crippen LogP contribution >= 0.6 is 0 Å². The fourth-order valence-corrected chi connectivity index (χ4v) is 3.72. The zero-order chi connectivity index (χ0) is 19.4. The van der Waals surface area contributed by atoms with Gasteiger partial charge in [0.05, 0.1) is 5.56 Å². The number of nitrogens with one attached hydrogen (secondary N) is 1. The second-order valence-corrected chi connectivity index (χ2v) is 7.34. The summed E-state index contributed by atoms with van der Waals surface area (Å²) in [5.41, 5.74) is 0.540. The topological polar surface area (TPSA) is 75.7 Å². The fourth-order valence-electron chi connectivity index (χ4n) is 2.56. The summed E-state index contributed by atoms with van der Waals surface area (Å²) in [6, 6.07) is 12.1. The van der Waals surface area contributed by atoms with Gasteiger partial charge in [-0.15, -0.1) is 0 Å². The van der Waals surface area contributed by atoms with Crippen molar-refractivity contribution in [3.05, 3.63) is 59.4 Å². The van der Waals surface area contributed by atoms with Gasteiger partial charge in [0.15, 0.2) is 5.82 Å². The molecule has 1 saturated heterocycles. The monoisotopic (exact) mass is 388 g/mol. The molecular weight excluding hydrogens is 371 g/mol. The van der Waals surface area contributed by atoms with E-state index in [0.29, 0.717) is 10.7 Å². The van der Waals surface area contributed by atoms with Gasteiger partial charge in [0.25, 0.3) is 5.91 Å². The SMILES string of the molecule is CCC#Cc1ccc(OCc2ccccc2)c(N2CC(=O)NS2(=O)=O)c1F. The van der Waals surface area contributed by atoms with Gasteiger partial charge in [-0.2, -0.15) is 8.42 Å². The van der Waals surface area contributed by atoms with E-state index >= 15 is 4.39 Å². The molecule has 2 aromatic carbocycles. The number of halogens is 1. The van der Waals surface area contributed by atoms with E-state index < -0.39 is 28.5 Å². The van der Waals surface area contributed by atoms with Gasteiger partial charge in [-0.1, -0.05) is 49.1 Å². The molecule has 1 aliphatic rings. The van der Waals surface area contributed by atoms with Crippen LogP contribution in [0.25, 0.3) is 0 Å². The molecule has 1 N–H and O–H groups in total. The first kappa shape index (κ1) is 18.7. The minimum Gasteiger partial charge on any atom is -0.487 e. The van der Waals surface area contributed by atoms with E-state index in [1.807, 2.05) is 42.0 Å². The van der Waals surface area contributed by atoms with Crippen molar-refractivity contribution >= 4 is 21.8 Å². The summed E-state index contributed by atoms with van der Waals surface area (Å²) in [5.74, 6) is 3.83. The molecule has 2 aromatic rings. The van der Waals surface area contributed by atoms with Gasteiger partial charge in [0, 0.05) is 6.42 Å². The standard InChI is InChI=1S/C19H17FN2O4S/c1-2-3-9-15-10-11-16(26-13-14-7-5-4-6-8-14)19(18(15)20)22-12-17(23)21-27(22,24)25/h4-8,10-11H,2,12-13H2,1H3,(H,21,23). The van der Waals surface area contributed by atoms with E-state index in [9.17, 15) is 13.2 Å². The summed E-state index contributed by atoms with van der Waals surface area (Å²) in [6.07, 6.45) is 0.517. The highest BCUT2D eigenvalue weighted by molar-refractivity contribution is 7.92. The van der Waals surface area contributed by atoms with E-state index in [1.165, 1.54) is 12.1 Å². The van der Waals surface area contributed by atoms with Gasteiger partial charge in [0.1, 0.15) is 24.6 Å². The van der Waals surface area contributed by atoms with Crippen LogP contribution in [0.5, 0.6) is 5.75 Å². The zero-order valence-electron chi connectivity index (χ0n) is 14.5. The van der Waals surface area contributed by atoms with E-state index in [2.05, 4.69) is 11.8 Å². The molecule has 0 aliphatic carbocycles. The Morgan fingerprint density at radius 3 is 2.59 bits per heavy atom. The molecular formula is C19H17FN2O4S. The second kappa shape index (κ2) is 7.68. The Bertz CT molecular complexity index is 1030. The highest BCUT2D eigenvalue weighted by Crippen LogP contribution is 2.36. The fraction of sp³-hybridized carbons (Fsp3) is 0.211. The molecule has 3 rings (SSSR count). The van der Waals surface area contributed by atoms with Crippen LogP contribution in [0.15, 0.2) is 42.5 Å². The molecule has 0 saturated carbocycles. The molecule has 0 atom stereocenters. The maximum absolute atomic E-state index is 15.1. The third-order valence-electron chi connectivity index (χ3n) is 3.79. The number of amides is 1. The third-order valence-corrected chi connectivity index (χ3v) is 5.16. The quantitative estimate of drug-likeness (QED) is 0.816. The molecule has 27 heavy (non-hydrogen) atoms. The van der Waals surface area contributed by atoms with Crippen molar-refractivity contribution in [1.82, 2.24) is 4.72 Å². The molecule has 1 heterocycles. The zero-order valence-corrected chi connectivity index (χ0v) is 15.3. The molecule has 140 valence electrons. The summed E-state index contributed by atoms with van der Waals surface area (Å²) in [5, 5.41) is 0. The number of hydrogen-bond acceptors (Lipinski definition) is 4. The number of carbonyl (C=O) groups is 1. The van der Waals surface area contributed by atoms with Crippen molar-refractivity contribution in [3.63, 3.8) is 0 Å². The van der Waals surface area contributed by atoms with Crippen molar-refractivity contribution in [1.29, 1.82) is 0 Å². The highest BCUT2D eigenvalue weighted by Gasteiger charge is 2.38. The third kappa shape index (κ3) is 4.04. The number of nitrogens with zero attached hydrogens (tertiary/aromatic N) is 1. The average Bonchev–Trinajstić information content (AvgIpc) is 2.92. The van der Waals surface area contributed by atoms with E-state index in [4.69, 9.17) is 4.74 Å². The van der Waals surface area contributed by atoms with Crippen molar-refractivity contribution in [2.75, 3.05) is 10.8 Å². The summed E-state index contributed by atoms with van der Waals surface area (Å²) in [6.45, 7) is 1.41. The lowest BCUT2D eigenvalue weighted by Crippen LogP contribution is -2.30. The summed E-state index contributed by atoms with van der Waals surface area (Å²) in [7, 11) is -4.19. The first-order valence-corrected chi connectivity index (χ1v) is 9.67. The molecule has 0 unspecified atom stereocenters. The maximum atomic E-state index is 15.1.